The summed E-state index contributed by atoms with van der Waals surface area (Å²) in [5.41, 5.74) is 1.68. The topological polar surface area (TPSA) is 66.4 Å². The molecule has 1 unspecified atom stereocenters. The van der Waals surface area contributed by atoms with E-state index in [0.29, 0.717) is 12.8 Å². The van der Waals surface area contributed by atoms with Crippen molar-refractivity contribution in [2.45, 2.75) is 57.4 Å². The second-order valence-electron chi connectivity index (χ2n) is 5.84. The molecule has 1 amide bonds. The second-order valence-corrected chi connectivity index (χ2v) is 5.84. The van der Waals surface area contributed by atoms with Gasteiger partial charge in [-0.15, -0.1) is 0 Å². The first-order valence-corrected chi connectivity index (χ1v) is 7.63. The van der Waals surface area contributed by atoms with E-state index < -0.39 is 11.5 Å². The van der Waals surface area contributed by atoms with Crippen molar-refractivity contribution in [1.29, 1.82) is 0 Å². The zero-order valence-corrected chi connectivity index (χ0v) is 12.7. The first-order chi connectivity index (χ1) is 10.0. The molecule has 1 atom stereocenters. The molecule has 0 saturated heterocycles. The molecule has 0 radical (unpaired) electrons. The molecule has 4 heteroatoms. The van der Waals surface area contributed by atoms with Crippen LogP contribution in [0.25, 0.3) is 0 Å². The van der Waals surface area contributed by atoms with Gasteiger partial charge in [-0.3, -0.25) is 9.59 Å². The van der Waals surface area contributed by atoms with Crippen molar-refractivity contribution in [3.05, 3.63) is 35.4 Å². The fraction of sp³-hybridized carbons (Fsp3) is 0.529. The third-order valence-corrected chi connectivity index (χ3v) is 4.68. The summed E-state index contributed by atoms with van der Waals surface area (Å²) < 4.78 is 0. The third kappa shape index (κ3) is 3.26. The molecule has 0 fully saturated rings. The van der Waals surface area contributed by atoms with Crippen LogP contribution in [0.1, 0.15) is 56.6 Å². The van der Waals surface area contributed by atoms with Gasteiger partial charge < -0.3 is 10.4 Å². The Morgan fingerprint density at radius 3 is 2.57 bits per heavy atom. The minimum atomic E-state index is -0.870. The number of fused-ring (bicyclic) bond motifs is 1. The predicted octanol–water partition coefficient (Wildman–Crippen LogP) is 2.87. The van der Waals surface area contributed by atoms with Crippen LogP contribution in [0.15, 0.2) is 24.3 Å². The molecule has 21 heavy (non-hydrogen) atoms. The van der Waals surface area contributed by atoms with Gasteiger partial charge >= 0.3 is 5.97 Å². The van der Waals surface area contributed by atoms with E-state index in [1.807, 2.05) is 32.0 Å². The minimum absolute atomic E-state index is 0.0277. The van der Waals surface area contributed by atoms with Crippen LogP contribution in [-0.4, -0.2) is 22.5 Å². The van der Waals surface area contributed by atoms with Gasteiger partial charge in [-0.25, -0.2) is 0 Å². The zero-order valence-electron chi connectivity index (χ0n) is 12.7. The summed E-state index contributed by atoms with van der Waals surface area (Å²) in [4.78, 5) is 23.7. The van der Waals surface area contributed by atoms with Gasteiger partial charge in [-0.2, -0.15) is 0 Å². The Morgan fingerprint density at radius 2 is 1.95 bits per heavy atom. The van der Waals surface area contributed by atoms with Gasteiger partial charge in [0.15, 0.2) is 0 Å². The van der Waals surface area contributed by atoms with E-state index in [9.17, 15) is 9.59 Å². The number of carbonyl (C=O) groups is 2. The maximum Gasteiger partial charge on any atom is 0.305 e. The predicted molar refractivity (Wildman–Crippen MR) is 81.2 cm³/mol. The van der Waals surface area contributed by atoms with Gasteiger partial charge in [-0.1, -0.05) is 38.1 Å². The Balaban J connectivity index is 2.15. The maximum absolute atomic E-state index is 12.6. The molecule has 1 aliphatic carbocycles. The molecule has 0 spiro atoms. The van der Waals surface area contributed by atoms with E-state index >= 15 is 0 Å². The smallest absolute Gasteiger partial charge is 0.305 e. The average Bonchev–Trinajstić information content (AvgIpc) is 2.90. The number of aliphatic carboxylic acids is 1. The molecule has 0 saturated carbocycles. The number of nitrogens with one attached hydrogen (secondary N) is 1. The van der Waals surface area contributed by atoms with Crippen molar-refractivity contribution in [2.75, 3.05) is 0 Å². The standard InChI is InChI=1S/C17H23NO3/c1-3-17(4-2,11-15(19)20)18-16(21)14-10-9-12-7-5-6-8-13(12)14/h5-8,14H,3-4,9-11H2,1-2H3,(H,18,21)(H,19,20). The summed E-state index contributed by atoms with van der Waals surface area (Å²) in [6, 6.07) is 8.01. The fourth-order valence-electron chi connectivity index (χ4n) is 3.19. The lowest BCUT2D eigenvalue weighted by atomic mass is 9.87. The van der Waals surface area contributed by atoms with E-state index in [4.69, 9.17) is 5.11 Å². The quantitative estimate of drug-likeness (QED) is 0.846. The van der Waals surface area contributed by atoms with Gasteiger partial charge in [0, 0.05) is 5.54 Å². The molecule has 2 N–H and O–H groups in total. The molecule has 0 heterocycles. The molecule has 1 aliphatic rings. The Morgan fingerprint density at radius 1 is 1.29 bits per heavy atom. The Kier molecular flexibility index (Phi) is 4.66. The highest BCUT2D eigenvalue weighted by molar-refractivity contribution is 5.86. The Labute approximate surface area is 125 Å². The highest BCUT2D eigenvalue weighted by Gasteiger charge is 2.35. The number of benzene rings is 1. The van der Waals surface area contributed by atoms with Crippen LogP contribution < -0.4 is 5.32 Å². The lowest BCUT2D eigenvalue weighted by Gasteiger charge is -2.32. The Hall–Kier alpha value is -1.84. The van der Waals surface area contributed by atoms with Gasteiger partial charge in [0.05, 0.1) is 12.3 Å². The molecule has 0 aromatic heterocycles. The number of rotatable bonds is 6. The molecule has 0 aliphatic heterocycles. The van der Waals surface area contributed by atoms with Crippen LogP contribution in [0, 0.1) is 0 Å². The maximum atomic E-state index is 12.6. The van der Waals surface area contributed by atoms with Crippen molar-refractivity contribution in [1.82, 2.24) is 5.32 Å². The minimum Gasteiger partial charge on any atom is -0.481 e. The first-order valence-electron chi connectivity index (χ1n) is 7.63. The summed E-state index contributed by atoms with van der Waals surface area (Å²) in [7, 11) is 0. The molecular formula is C17H23NO3. The number of carboxylic acid groups (broad SMARTS) is 1. The van der Waals surface area contributed by atoms with E-state index in [1.54, 1.807) is 0 Å². The van der Waals surface area contributed by atoms with Crippen LogP contribution in [0.4, 0.5) is 0 Å². The zero-order chi connectivity index (χ0) is 15.5. The third-order valence-electron chi connectivity index (χ3n) is 4.68. The first kappa shape index (κ1) is 15.5. The summed E-state index contributed by atoms with van der Waals surface area (Å²) in [6.45, 7) is 3.85. The number of carbonyl (C=O) groups excluding carboxylic acids is 1. The summed E-state index contributed by atoms with van der Waals surface area (Å²) >= 11 is 0. The number of hydrogen-bond acceptors (Lipinski definition) is 2. The fourth-order valence-corrected chi connectivity index (χ4v) is 3.19. The molecular weight excluding hydrogens is 266 g/mol. The van der Waals surface area contributed by atoms with Crippen molar-refractivity contribution in [3.8, 4) is 0 Å². The number of hydrogen-bond donors (Lipinski definition) is 2. The molecule has 114 valence electrons. The molecule has 4 nitrogen and oxygen atoms in total. The molecule has 1 aromatic rings. The van der Waals surface area contributed by atoms with Crippen molar-refractivity contribution in [3.63, 3.8) is 0 Å². The SMILES string of the molecule is CCC(CC)(CC(=O)O)NC(=O)C1CCc2ccccc21. The molecule has 0 bridgehead atoms. The van der Waals surface area contributed by atoms with E-state index in [2.05, 4.69) is 11.4 Å². The highest BCUT2D eigenvalue weighted by atomic mass is 16.4. The highest BCUT2D eigenvalue weighted by Crippen LogP contribution is 2.34. The monoisotopic (exact) mass is 289 g/mol. The van der Waals surface area contributed by atoms with Crippen LogP contribution >= 0.6 is 0 Å². The van der Waals surface area contributed by atoms with E-state index in [0.717, 1.165) is 18.4 Å². The van der Waals surface area contributed by atoms with Crippen LogP contribution in [0.2, 0.25) is 0 Å². The van der Waals surface area contributed by atoms with Gasteiger partial charge in [0.25, 0.3) is 0 Å². The normalized spacial score (nSPS) is 17.3. The van der Waals surface area contributed by atoms with E-state index in [1.165, 1.54) is 5.56 Å². The van der Waals surface area contributed by atoms with Crippen molar-refractivity contribution >= 4 is 11.9 Å². The lowest BCUT2D eigenvalue weighted by Crippen LogP contribution is -2.50. The van der Waals surface area contributed by atoms with Gasteiger partial charge in [-0.05, 0) is 36.8 Å². The number of carboxylic acids is 1. The van der Waals surface area contributed by atoms with Crippen LogP contribution in [0.5, 0.6) is 0 Å². The molecule has 2 rings (SSSR count). The number of amides is 1. The largest absolute Gasteiger partial charge is 0.481 e. The molecule has 1 aromatic carbocycles. The van der Waals surface area contributed by atoms with Gasteiger partial charge in [0.2, 0.25) is 5.91 Å². The van der Waals surface area contributed by atoms with Crippen LogP contribution in [-0.2, 0) is 16.0 Å². The van der Waals surface area contributed by atoms with E-state index in [-0.39, 0.29) is 18.2 Å². The van der Waals surface area contributed by atoms with Crippen LogP contribution in [0.3, 0.4) is 0 Å². The summed E-state index contributed by atoms with van der Waals surface area (Å²) in [5.74, 6) is -1.05. The van der Waals surface area contributed by atoms with Crippen molar-refractivity contribution in [2.24, 2.45) is 0 Å². The number of aryl methyl sites for hydroxylation is 1. The second kappa shape index (κ2) is 6.29. The van der Waals surface area contributed by atoms with Crippen molar-refractivity contribution < 1.29 is 14.7 Å². The lowest BCUT2D eigenvalue weighted by molar-refractivity contribution is -0.139. The summed E-state index contributed by atoms with van der Waals surface area (Å²) in [6.07, 6.45) is 2.94. The average molecular weight is 289 g/mol. The summed E-state index contributed by atoms with van der Waals surface area (Å²) in [5, 5.41) is 12.1. The van der Waals surface area contributed by atoms with Gasteiger partial charge in [0.1, 0.15) is 0 Å². The Bertz CT molecular complexity index is 535.